The Morgan fingerprint density at radius 1 is 1.29 bits per heavy atom. The van der Waals surface area contributed by atoms with Crippen molar-refractivity contribution in [2.45, 2.75) is 33.1 Å². The number of rotatable bonds is 7. The molecule has 2 rings (SSSR count). The maximum Gasteiger partial charge on any atom is 0.191 e. The van der Waals surface area contributed by atoms with Gasteiger partial charge in [-0.3, -0.25) is 9.98 Å². The lowest BCUT2D eigenvalue weighted by atomic mass is 10.1. The molecule has 0 saturated carbocycles. The van der Waals surface area contributed by atoms with Crippen molar-refractivity contribution in [3.05, 3.63) is 52.0 Å². The molecule has 0 saturated heterocycles. The van der Waals surface area contributed by atoms with Gasteiger partial charge in [-0.15, -0.1) is 24.0 Å². The number of guanidine groups is 1. The predicted molar refractivity (Wildman–Crippen MR) is 115 cm³/mol. The van der Waals surface area contributed by atoms with E-state index in [0.717, 1.165) is 37.7 Å². The predicted octanol–water partition coefficient (Wildman–Crippen LogP) is 3.97. The molecule has 0 amide bonds. The second-order valence-electron chi connectivity index (χ2n) is 5.66. The summed E-state index contributed by atoms with van der Waals surface area (Å²) in [7, 11) is 0. The normalized spacial score (nSPS) is 12.4. The first-order chi connectivity index (χ1) is 11.2. The molecule has 0 bridgehead atoms. The van der Waals surface area contributed by atoms with Crippen molar-refractivity contribution < 1.29 is 0 Å². The summed E-state index contributed by atoms with van der Waals surface area (Å²) in [4.78, 5) is 9.03. The number of hydrogen-bond acceptors (Lipinski definition) is 3. The second-order valence-corrected chi connectivity index (χ2v) is 6.44. The Hall–Kier alpha value is -1.15. The van der Waals surface area contributed by atoms with Crippen molar-refractivity contribution in [2.24, 2.45) is 4.99 Å². The third kappa shape index (κ3) is 7.17. The lowest BCUT2D eigenvalue weighted by Gasteiger charge is -2.13. The molecule has 1 atom stereocenters. The van der Waals surface area contributed by atoms with Gasteiger partial charge >= 0.3 is 0 Å². The Balaban J connectivity index is 0.00000288. The fraction of sp³-hybridized carbons (Fsp3) is 0.444. The largest absolute Gasteiger partial charge is 0.357 e. The van der Waals surface area contributed by atoms with Gasteiger partial charge in [0, 0.05) is 37.4 Å². The van der Waals surface area contributed by atoms with Gasteiger partial charge in [0.05, 0.1) is 0 Å². The molecule has 2 heterocycles. The molecule has 2 N–H and O–H groups in total. The van der Waals surface area contributed by atoms with Gasteiger partial charge in [-0.25, -0.2) is 0 Å². The van der Waals surface area contributed by atoms with E-state index in [9.17, 15) is 0 Å². The fourth-order valence-electron chi connectivity index (χ4n) is 2.20. The van der Waals surface area contributed by atoms with Crippen LogP contribution >= 0.6 is 35.3 Å². The summed E-state index contributed by atoms with van der Waals surface area (Å²) in [6.45, 7) is 8.81. The third-order valence-electron chi connectivity index (χ3n) is 3.66. The third-order valence-corrected chi connectivity index (χ3v) is 4.36. The van der Waals surface area contributed by atoms with E-state index >= 15 is 0 Å². The van der Waals surface area contributed by atoms with Gasteiger partial charge in [0.15, 0.2) is 5.96 Å². The van der Waals surface area contributed by atoms with E-state index < -0.39 is 0 Å². The molecule has 0 aliphatic carbocycles. The van der Waals surface area contributed by atoms with Crippen LogP contribution in [-0.4, -0.2) is 30.6 Å². The number of hydrogen-bond donors (Lipinski definition) is 2. The molecule has 2 aromatic rings. The highest BCUT2D eigenvalue weighted by Gasteiger charge is 2.06. The summed E-state index contributed by atoms with van der Waals surface area (Å²) in [5.41, 5.74) is 3.66. The zero-order valence-electron chi connectivity index (χ0n) is 14.6. The molecule has 2 aromatic heterocycles. The molecule has 0 aliphatic rings. The molecule has 24 heavy (non-hydrogen) atoms. The summed E-state index contributed by atoms with van der Waals surface area (Å²) in [5.74, 6) is 1.33. The molecule has 0 spiro atoms. The molecular formula is C18H27IN4S. The van der Waals surface area contributed by atoms with Crippen LogP contribution in [0.1, 0.15) is 36.6 Å². The Labute approximate surface area is 166 Å². The number of thiophene rings is 1. The van der Waals surface area contributed by atoms with E-state index in [0.29, 0.717) is 5.92 Å². The molecular weight excluding hydrogens is 431 g/mol. The minimum atomic E-state index is 0. The lowest BCUT2D eigenvalue weighted by Crippen LogP contribution is -2.38. The van der Waals surface area contributed by atoms with Gasteiger partial charge in [0.2, 0.25) is 0 Å². The van der Waals surface area contributed by atoms with Gasteiger partial charge in [-0.05, 0) is 54.3 Å². The Morgan fingerprint density at radius 2 is 2.12 bits per heavy atom. The average Bonchev–Trinajstić information content (AvgIpc) is 3.08. The summed E-state index contributed by atoms with van der Waals surface area (Å²) < 4.78 is 0. The Bertz CT molecular complexity index is 596. The van der Waals surface area contributed by atoms with E-state index in [1.54, 1.807) is 11.3 Å². The van der Waals surface area contributed by atoms with Gasteiger partial charge in [0.1, 0.15) is 0 Å². The summed E-state index contributed by atoms with van der Waals surface area (Å²) >= 11 is 1.74. The first-order valence-corrected chi connectivity index (χ1v) is 9.09. The zero-order valence-corrected chi connectivity index (χ0v) is 17.7. The van der Waals surface area contributed by atoms with E-state index in [2.05, 4.69) is 58.4 Å². The second kappa shape index (κ2) is 11.4. The summed E-state index contributed by atoms with van der Waals surface area (Å²) in [6.07, 6.45) is 2.89. The number of pyridine rings is 1. The number of aliphatic imine (C=N–C) groups is 1. The molecule has 0 aliphatic heterocycles. The number of nitrogens with one attached hydrogen (secondary N) is 2. The minimum Gasteiger partial charge on any atom is -0.357 e. The number of aromatic nitrogens is 1. The Morgan fingerprint density at radius 3 is 2.75 bits per heavy atom. The van der Waals surface area contributed by atoms with Crippen LogP contribution in [0.5, 0.6) is 0 Å². The van der Waals surface area contributed by atoms with Gasteiger partial charge in [-0.2, -0.15) is 11.3 Å². The van der Waals surface area contributed by atoms with Gasteiger partial charge in [-0.1, -0.05) is 13.0 Å². The van der Waals surface area contributed by atoms with Crippen molar-refractivity contribution in [1.82, 2.24) is 15.6 Å². The van der Waals surface area contributed by atoms with Crippen LogP contribution in [0.15, 0.2) is 40.1 Å². The number of aryl methyl sites for hydroxylation is 1. The number of nitrogens with zero attached hydrogens (tertiary/aromatic N) is 2. The molecule has 1 unspecified atom stereocenters. The van der Waals surface area contributed by atoms with Crippen LogP contribution in [0, 0.1) is 6.92 Å². The first-order valence-electron chi connectivity index (χ1n) is 8.15. The van der Waals surface area contributed by atoms with E-state index in [1.807, 2.05) is 13.1 Å². The SMILES string of the molecule is CCNC(=NCC(C)c1ccsc1)NCCc1ccc(C)nc1.I. The minimum absolute atomic E-state index is 0. The summed E-state index contributed by atoms with van der Waals surface area (Å²) in [5, 5.41) is 11.0. The van der Waals surface area contributed by atoms with Crippen LogP contribution in [0.4, 0.5) is 0 Å². The van der Waals surface area contributed by atoms with Crippen molar-refractivity contribution in [3.8, 4) is 0 Å². The first kappa shape index (κ1) is 20.9. The van der Waals surface area contributed by atoms with Crippen LogP contribution in [0.3, 0.4) is 0 Å². The molecule has 132 valence electrons. The molecule has 4 nitrogen and oxygen atoms in total. The molecule has 0 aromatic carbocycles. The summed E-state index contributed by atoms with van der Waals surface area (Å²) in [6, 6.07) is 6.36. The van der Waals surface area contributed by atoms with Crippen molar-refractivity contribution in [1.29, 1.82) is 0 Å². The lowest BCUT2D eigenvalue weighted by molar-refractivity contribution is 0.747. The Kier molecular flexibility index (Phi) is 9.94. The van der Waals surface area contributed by atoms with Gasteiger partial charge in [0.25, 0.3) is 0 Å². The molecule has 0 fully saturated rings. The van der Waals surface area contributed by atoms with Gasteiger partial charge < -0.3 is 10.6 Å². The van der Waals surface area contributed by atoms with E-state index in [4.69, 9.17) is 4.99 Å². The van der Waals surface area contributed by atoms with Crippen LogP contribution in [0.25, 0.3) is 0 Å². The van der Waals surface area contributed by atoms with Crippen LogP contribution in [-0.2, 0) is 6.42 Å². The van der Waals surface area contributed by atoms with Crippen molar-refractivity contribution >= 4 is 41.3 Å². The molecule has 6 heteroatoms. The highest BCUT2D eigenvalue weighted by molar-refractivity contribution is 14.0. The quantitative estimate of drug-likeness (QED) is 0.375. The maximum absolute atomic E-state index is 4.70. The van der Waals surface area contributed by atoms with Crippen molar-refractivity contribution in [2.75, 3.05) is 19.6 Å². The fourth-order valence-corrected chi connectivity index (χ4v) is 2.98. The monoisotopic (exact) mass is 458 g/mol. The van der Waals surface area contributed by atoms with Crippen LogP contribution in [0.2, 0.25) is 0 Å². The molecule has 0 radical (unpaired) electrons. The zero-order chi connectivity index (χ0) is 16.5. The number of halogens is 1. The van der Waals surface area contributed by atoms with Crippen molar-refractivity contribution in [3.63, 3.8) is 0 Å². The topological polar surface area (TPSA) is 49.3 Å². The standard InChI is InChI=1S/C18H26N4S.HI/c1-4-19-18(22-11-14(2)17-8-10-23-13-17)20-9-7-16-6-5-15(3)21-12-16;/h5-6,8,10,12-14H,4,7,9,11H2,1-3H3,(H2,19,20,22);1H. The average molecular weight is 458 g/mol. The van der Waals surface area contributed by atoms with E-state index in [-0.39, 0.29) is 24.0 Å². The smallest absolute Gasteiger partial charge is 0.191 e. The maximum atomic E-state index is 4.70. The van der Waals surface area contributed by atoms with Crippen LogP contribution < -0.4 is 10.6 Å². The highest BCUT2D eigenvalue weighted by Crippen LogP contribution is 2.18. The highest BCUT2D eigenvalue weighted by atomic mass is 127. The van der Waals surface area contributed by atoms with E-state index in [1.165, 1.54) is 11.1 Å².